The van der Waals surface area contributed by atoms with Crippen LogP contribution < -0.4 is 10.6 Å². The molecular formula is C10H18N2O5. The minimum Gasteiger partial charge on any atom is -0.389 e. The second-order valence-electron chi connectivity index (χ2n) is 4.17. The van der Waals surface area contributed by atoms with Gasteiger partial charge in [0.1, 0.15) is 12.1 Å². The molecule has 7 heteroatoms. The number of aliphatic hydroxyl groups excluding tert-OH is 2. The Kier molecular flexibility index (Phi) is 4.44. The van der Waals surface area contributed by atoms with Gasteiger partial charge in [0.15, 0.2) is 6.29 Å². The molecule has 2 amide bonds. The zero-order chi connectivity index (χ0) is 13.2. The van der Waals surface area contributed by atoms with Crippen LogP contribution in [0.5, 0.6) is 0 Å². The highest BCUT2D eigenvalue weighted by Crippen LogP contribution is 2.19. The van der Waals surface area contributed by atoms with E-state index in [-0.39, 0.29) is 5.91 Å². The third kappa shape index (κ3) is 3.39. The van der Waals surface area contributed by atoms with E-state index in [1.54, 1.807) is 6.92 Å². The summed E-state index contributed by atoms with van der Waals surface area (Å²) in [6.07, 6.45) is -2.95. The van der Waals surface area contributed by atoms with Gasteiger partial charge in [0.25, 0.3) is 0 Å². The van der Waals surface area contributed by atoms with Gasteiger partial charge in [-0.3, -0.25) is 9.59 Å². The third-order valence-electron chi connectivity index (χ3n) is 2.64. The Bertz CT molecular complexity index is 281. The zero-order valence-electron chi connectivity index (χ0n) is 10.0. The quantitative estimate of drug-likeness (QED) is 0.455. The van der Waals surface area contributed by atoms with Crippen molar-refractivity contribution in [1.82, 2.24) is 10.6 Å². The van der Waals surface area contributed by atoms with Crippen molar-refractivity contribution in [3.63, 3.8) is 0 Å². The summed E-state index contributed by atoms with van der Waals surface area (Å²) in [6, 6.07) is -1.63. The Morgan fingerprint density at radius 1 is 1.06 bits per heavy atom. The fourth-order valence-corrected chi connectivity index (χ4v) is 1.89. The van der Waals surface area contributed by atoms with Crippen molar-refractivity contribution in [2.45, 2.75) is 51.4 Å². The first-order valence-electron chi connectivity index (χ1n) is 5.38. The maximum atomic E-state index is 11.0. The minimum atomic E-state index is -1.30. The Hall–Kier alpha value is -1.18. The highest BCUT2D eigenvalue weighted by atomic mass is 16.6. The molecule has 0 spiro atoms. The van der Waals surface area contributed by atoms with Crippen molar-refractivity contribution in [3.8, 4) is 0 Å². The summed E-state index contributed by atoms with van der Waals surface area (Å²) in [7, 11) is 0. The number of hydrogen-bond donors (Lipinski definition) is 4. The van der Waals surface area contributed by atoms with E-state index in [9.17, 15) is 19.8 Å². The number of amides is 2. The summed E-state index contributed by atoms with van der Waals surface area (Å²) >= 11 is 0. The Balaban J connectivity index is 2.78. The van der Waals surface area contributed by atoms with Gasteiger partial charge in [-0.05, 0) is 6.92 Å². The number of ether oxygens (including phenoxy) is 1. The molecule has 0 aromatic rings. The van der Waals surface area contributed by atoms with E-state index in [0.29, 0.717) is 0 Å². The fourth-order valence-electron chi connectivity index (χ4n) is 1.89. The number of carbonyl (C=O) groups is 2. The van der Waals surface area contributed by atoms with Crippen LogP contribution in [0.4, 0.5) is 0 Å². The topological polar surface area (TPSA) is 108 Å². The Labute approximate surface area is 99.1 Å². The fraction of sp³-hybridized carbons (Fsp3) is 0.800. The van der Waals surface area contributed by atoms with Gasteiger partial charge in [-0.25, -0.2) is 0 Å². The van der Waals surface area contributed by atoms with Gasteiger partial charge >= 0.3 is 0 Å². The van der Waals surface area contributed by atoms with Gasteiger partial charge in [0, 0.05) is 13.8 Å². The summed E-state index contributed by atoms with van der Waals surface area (Å²) in [6.45, 7) is 4.21. The van der Waals surface area contributed by atoms with Crippen LogP contribution >= 0.6 is 0 Å². The van der Waals surface area contributed by atoms with Crippen molar-refractivity contribution in [3.05, 3.63) is 0 Å². The molecule has 1 rings (SSSR count). The number of aliphatic hydroxyl groups is 2. The number of nitrogens with one attached hydrogen (secondary N) is 2. The second-order valence-corrected chi connectivity index (χ2v) is 4.17. The standard InChI is InChI=1S/C10H18N2O5/c1-4-7(11-5(2)13)9(15)8(10(16)17-4)12-6(3)14/h4,7-10,15-16H,1-3H3,(H,11,13)(H,12,14)/t4-,7-,8+,9-,10+/m0/s1. The predicted octanol–water partition coefficient (Wildman–Crippen LogP) is -1.91. The van der Waals surface area contributed by atoms with Crippen LogP contribution in [0.1, 0.15) is 20.8 Å². The average molecular weight is 246 g/mol. The lowest BCUT2D eigenvalue weighted by atomic mass is 9.95. The van der Waals surface area contributed by atoms with Crippen LogP contribution in [0.25, 0.3) is 0 Å². The predicted molar refractivity (Wildman–Crippen MR) is 57.8 cm³/mol. The summed E-state index contributed by atoms with van der Waals surface area (Å²) in [5.41, 5.74) is 0. The molecule has 7 nitrogen and oxygen atoms in total. The van der Waals surface area contributed by atoms with Gasteiger partial charge in [-0.2, -0.15) is 0 Å². The molecule has 1 aliphatic rings. The monoisotopic (exact) mass is 246 g/mol. The molecule has 0 aromatic carbocycles. The SMILES string of the molecule is CC(=O)N[C@@H]1[C@H](O)[C@@H](NC(C)=O)[C@H](O)O[C@H]1C. The molecule has 1 heterocycles. The normalized spacial score (nSPS) is 37.4. The molecule has 5 atom stereocenters. The number of hydrogen-bond acceptors (Lipinski definition) is 5. The molecule has 98 valence electrons. The van der Waals surface area contributed by atoms with Crippen LogP contribution in [0, 0.1) is 0 Å². The van der Waals surface area contributed by atoms with Crippen LogP contribution in [-0.4, -0.2) is 52.6 Å². The van der Waals surface area contributed by atoms with Gasteiger partial charge in [-0.1, -0.05) is 0 Å². The molecule has 0 bridgehead atoms. The van der Waals surface area contributed by atoms with Gasteiger partial charge < -0.3 is 25.6 Å². The molecule has 0 aromatic heterocycles. The molecule has 1 fully saturated rings. The van der Waals surface area contributed by atoms with Crippen molar-refractivity contribution in [2.75, 3.05) is 0 Å². The zero-order valence-corrected chi connectivity index (χ0v) is 10.0. The van der Waals surface area contributed by atoms with Gasteiger partial charge in [-0.15, -0.1) is 0 Å². The van der Waals surface area contributed by atoms with Crippen molar-refractivity contribution in [2.24, 2.45) is 0 Å². The summed E-state index contributed by atoms with van der Waals surface area (Å²) in [4.78, 5) is 21.9. The first-order chi connectivity index (χ1) is 7.82. The maximum absolute atomic E-state index is 11.0. The lowest BCUT2D eigenvalue weighted by Crippen LogP contribution is -2.66. The highest BCUT2D eigenvalue weighted by Gasteiger charge is 2.43. The third-order valence-corrected chi connectivity index (χ3v) is 2.64. The molecule has 0 radical (unpaired) electrons. The average Bonchev–Trinajstić information content (AvgIpc) is 2.18. The molecule has 0 aliphatic carbocycles. The van der Waals surface area contributed by atoms with E-state index >= 15 is 0 Å². The summed E-state index contributed by atoms with van der Waals surface area (Å²) < 4.78 is 5.15. The molecule has 0 saturated carbocycles. The molecule has 17 heavy (non-hydrogen) atoms. The van der Waals surface area contributed by atoms with Crippen LogP contribution in [0.2, 0.25) is 0 Å². The van der Waals surface area contributed by atoms with Gasteiger partial charge in [0.2, 0.25) is 11.8 Å². The highest BCUT2D eigenvalue weighted by molar-refractivity contribution is 5.74. The van der Waals surface area contributed by atoms with Crippen molar-refractivity contribution in [1.29, 1.82) is 0 Å². The van der Waals surface area contributed by atoms with Gasteiger partial charge in [0.05, 0.1) is 12.1 Å². The molecule has 1 aliphatic heterocycles. The van der Waals surface area contributed by atoms with E-state index < -0.39 is 36.5 Å². The lowest BCUT2D eigenvalue weighted by molar-refractivity contribution is -0.214. The van der Waals surface area contributed by atoms with Crippen LogP contribution in [-0.2, 0) is 14.3 Å². The molecule has 0 unspecified atom stereocenters. The summed E-state index contributed by atoms with van der Waals surface area (Å²) in [5, 5.41) is 24.5. The number of rotatable bonds is 2. The lowest BCUT2D eigenvalue weighted by Gasteiger charge is -2.42. The van der Waals surface area contributed by atoms with E-state index in [1.165, 1.54) is 13.8 Å². The Morgan fingerprint density at radius 3 is 2.00 bits per heavy atom. The minimum absolute atomic E-state index is 0.317. The molecular weight excluding hydrogens is 228 g/mol. The smallest absolute Gasteiger partial charge is 0.217 e. The van der Waals surface area contributed by atoms with E-state index in [0.717, 1.165) is 0 Å². The van der Waals surface area contributed by atoms with Crippen molar-refractivity contribution < 1.29 is 24.5 Å². The molecule has 1 saturated heterocycles. The Morgan fingerprint density at radius 2 is 1.53 bits per heavy atom. The first-order valence-corrected chi connectivity index (χ1v) is 5.38. The second kappa shape index (κ2) is 5.44. The molecule has 4 N–H and O–H groups in total. The number of carbonyl (C=O) groups excluding carboxylic acids is 2. The maximum Gasteiger partial charge on any atom is 0.217 e. The summed E-state index contributed by atoms with van der Waals surface area (Å²) in [5.74, 6) is -0.713. The van der Waals surface area contributed by atoms with E-state index in [2.05, 4.69) is 10.6 Å². The van der Waals surface area contributed by atoms with Crippen LogP contribution in [0.15, 0.2) is 0 Å². The largest absolute Gasteiger partial charge is 0.389 e. The van der Waals surface area contributed by atoms with E-state index in [4.69, 9.17) is 4.74 Å². The van der Waals surface area contributed by atoms with E-state index in [1.807, 2.05) is 0 Å². The van der Waals surface area contributed by atoms with Crippen LogP contribution in [0.3, 0.4) is 0 Å². The van der Waals surface area contributed by atoms with Crippen molar-refractivity contribution >= 4 is 11.8 Å². The first kappa shape index (κ1) is 13.9.